The van der Waals surface area contributed by atoms with Gasteiger partial charge in [0.2, 0.25) is 0 Å². The van der Waals surface area contributed by atoms with E-state index < -0.39 is 0 Å². The molecule has 1 rings (SSSR count). The molecule has 1 N–H and O–H groups in total. The van der Waals surface area contributed by atoms with E-state index in [1.807, 2.05) is 0 Å². The van der Waals surface area contributed by atoms with Crippen molar-refractivity contribution in [2.75, 3.05) is 26.2 Å². The first-order valence-electron chi connectivity index (χ1n) is 5.34. The van der Waals surface area contributed by atoms with Gasteiger partial charge in [0.25, 0.3) is 0 Å². The van der Waals surface area contributed by atoms with Gasteiger partial charge in [0.05, 0.1) is 0 Å². The van der Waals surface area contributed by atoms with Crippen LogP contribution in [0.5, 0.6) is 0 Å². The van der Waals surface area contributed by atoms with Crippen LogP contribution >= 0.6 is 11.6 Å². The molecule has 1 fully saturated rings. The van der Waals surface area contributed by atoms with Gasteiger partial charge < -0.3 is 5.32 Å². The minimum Gasteiger partial charge on any atom is -0.314 e. The van der Waals surface area contributed by atoms with Crippen molar-refractivity contribution >= 4 is 11.6 Å². The standard InChI is InChI=1S/C11H21ClN2/c1-4-11(3)9-13-5-6-14(11)8-10(2)7-12/h7,13H,4-6,8-9H2,1-3H3. The van der Waals surface area contributed by atoms with Crippen LogP contribution < -0.4 is 5.32 Å². The predicted octanol–water partition coefficient (Wildman–Crippen LogP) is 2.20. The number of nitrogens with zero attached hydrogens (tertiary/aromatic N) is 1. The number of hydrogen-bond donors (Lipinski definition) is 1. The molecule has 14 heavy (non-hydrogen) atoms. The summed E-state index contributed by atoms with van der Waals surface area (Å²) in [6, 6.07) is 0. The first kappa shape index (κ1) is 12.0. The van der Waals surface area contributed by atoms with Crippen LogP contribution in [0.15, 0.2) is 11.1 Å². The summed E-state index contributed by atoms with van der Waals surface area (Å²) >= 11 is 5.70. The quantitative estimate of drug-likeness (QED) is 0.778. The first-order valence-corrected chi connectivity index (χ1v) is 5.77. The van der Waals surface area contributed by atoms with Crippen LogP contribution in [0.1, 0.15) is 27.2 Å². The smallest absolute Gasteiger partial charge is 0.0307 e. The highest BCUT2D eigenvalue weighted by atomic mass is 35.5. The van der Waals surface area contributed by atoms with Crippen molar-refractivity contribution in [2.24, 2.45) is 0 Å². The van der Waals surface area contributed by atoms with Crippen LogP contribution in [0.2, 0.25) is 0 Å². The largest absolute Gasteiger partial charge is 0.314 e. The van der Waals surface area contributed by atoms with Gasteiger partial charge in [-0.2, -0.15) is 0 Å². The molecule has 0 spiro atoms. The van der Waals surface area contributed by atoms with E-state index in [1.165, 1.54) is 12.0 Å². The molecule has 82 valence electrons. The fourth-order valence-corrected chi connectivity index (χ4v) is 1.98. The molecule has 1 unspecified atom stereocenters. The van der Waals surface area contributed by atoms with E-state index >= 15 is 0 Å². The molecule has 1 heterocycles. The Morgan fingerprint density at radius 3 is 2.93 bits per heavy atom. The molecule has 3 heteroatoms. The third-order valence-corrected chi connectivity index (χ3v) is 3.59. The fourth-order valence-electron chi connectivity index (χ4n) is 1.91. The lowest BCUT2D eigenvalue weighted by Gasteiger charge is -2.45. The molecule has 0 aromatic heterocycles. The lowest BCUT2D eigenvalue weighted by molar-refractivity contribution is 0.0816. The maximum atomic E-state index is 5.70. The Morgan fingerprint density at radius 2 is 2.36 bits per heavy atom. The van der Waals surface area contributed by atoms with Gasteiger partial charge in [-0.15, -0.1) is 0 Å². The SMILES string of the molecule is CCC1(C)CNCCN1CC(C)=CCl. The average molecular weight is 217 g/mol. The van der Waals surface area contributed by atoms with Crippen LogP contribution in [0, 0.1) is 0 Å². The van der Waals surface area contributed by atoms with E-state index in [0.29, 0.717) is 5.54 Å². The van der Waals surface area contributed by atoms with Gasteiger partial charge in [-0.05, 0) is 25.8 Å². The molecule has 0 amide bonds. The molecule has 0 aliphatic carbocycles. The summed E-state index contributed by atoms with van der Waals surface area (Å²) < 4.78 is 0. The van der Waals surface area contributed by atoms with Crippen molar-refractivity contribution in [1.82, 2.24) is 10.2 Å². The second kappa shape index (κ2) is 5.15. The minimum atomic E-state index is 0.291. The van der Waals surface area contributed by atoms with E-state index in [4.69, 9.17) is 11.6 Å². The number of hydrogen-bond acceptors (Lipinski definition) is 2. The maximum Gasteiger partial charge on any atom is 0.0307 e. The zero-order chi connectivity index (χ0) is 10.6. The minimum absolute atomic E-state index is 0.291. The molecule has 0 saturated carbocycles. The highest BCUT2D eigenvalue weighted by Gasteiger charge is 2.32. The highest BCUT2D eigenvalue weighted by molar-refractivity contribution is 6.25. The van der Waals surface area contributed by atoms with Crippen LogP contribution in [-0.4, -0.2) is 36.6 Å². The zero-order valence-corrected chi connectivity index (χ0v) is 10.2. The topological polar surface area (TPSA) is 15.3 Å². The van der Waals surface area contributed by atoms with Crippen molar-refractivity contribution in [2.45, 2.75) is 32.7 Å². The zero-order valence-electron chi connectivity index (χ0n) is 9.44. The lowest BCUT2D eigenvalue weighted by atomic mass is 9.93. The normalized spacial score (nSPS) is 30.7. The number of nitrogens with one attached hydrogen (secondary N) is 1. The Morgan fingerprint density at radius 1 is 1.64 bits per heavy atom. The Hall–Kier alpha value is -0.0500. The maximum absolute atomic E-state index is 5.70. The van der Waals surface area contributed by atoms with E-state index in [0.717, 1.165) is 26.2 Å². The number of halogens is 1. The van der Waals surface area contributed by atoms with Gasteiger partial charge in [-0.3, -0.25) is 4.90 Å². The second-order valence-electron chi connectivity index (χ2n) is 4.40. The molecular weight excluding hydrogens is 196 g/mol. The Bertz CT molecular complexity index is 215. The van der Waals surface area contributed by atoms with E-state index in [-0.39, 0.29) is 0 Å². The third kappa shape index (κ3) is 2.72. The lowest BCUT2D eigenvalue weighted by Crippen LogP contribution is -2.59. The average Bonchev–Trinajstić information content (AvgIpc) is 2.21. The van der Waals surface area contributed by atoms with E-state index in [9.17, 15) is 0 Å². The Balaban J connectivity index is 2.63. The Kier molecular flexibility index (Phi) is 4.42. The van der Waals surface area contributed by atoms with Crippen LogP contribution in [0.25, 0.3) is 0 Å². The summed E-state index contributed by atoms with van der Waals surface area (Å²) in [4.78, 5) is 2.53. The fraction of sp³-hybridized carbons (Fsp3) is 0.818. The van der Waals surface area contributed by atoms with Crippen molar-refractivity contribution in [3.8, 4) is 0 Å². The molecule has 0 radical (unpaired) electrons. The van der Waals surface area contributed by atoms with Gasteiger partial charge in [0.15, 0.2) is 0 Å². The third-order valence-electron chi connectivity index (χ3n) is 3.22. The van der Waals surface area contributed by atoms with E-state index in [2.05, 4.69) is 31.0 Å². The molecule has 0 aromatic rings. The molecule has 2 nitrogen and oxygen atoms in total. The molecular formula is C11H21ClN2. The van der Waals surface area contributed by atoms with Crippen molar-refractivity contribution < 1.29 is 0 Å². The van der Waals surface area contributed by atoms with Crippen LogP contribution in [0.4, 0.5) is 0 Å². The summed E-state index contributed by atoms with van der Waals surface area (Å²) in [5, 5.41) is 3.45. The van der Waals surface area contributed by atoms with E-state index in [1.54, 1.807) is 5.54 Å². The van der Waals surface area contributed by atoms with Crippen LogP contribution in [0.3, 0.4) is 0 Å². The Labute approximate surface area is 92.3 Å². The van der Waals surface area contributed by atoms with Gasteiger partial charge in [0, 0.05) is 37.3 Å². The molecule has 1 aliphatic heterocycles. The molecule has 0 bridgehead atoms. The molecule has 1 saturated heterocycles. The van der Waals surface area contributed by atoms with Gasteiger partial charge in [0.1, 0.15) is 0 Å². The van der Waals surface area contributed by atoms with Gasteiger partial charge in [-0.25, -0.2) is 0 Å². The van der Waals surface area contributed by atoms with Crippen molar-refractivity contribution in [3.63, 3.8) is 0 Å². The summed E-state index contributed by atoms with van der Waals surface area (Å²) in [5.74, 6) is 0. The molecule has 1 aliphatic rings. The second-order valence-corrected chi connectivity index (χ2v) is 4.62. The summed E-state index contributed by atoms with van der Waals surface area (Å²) in [7, 11) is 0. The monoisotopic (exact) mass is 216 g/mol. The predicted molar refractivity (Wildman–Crippen MR) is 62.7 cm³/mol. The number of piperazine rings is 1. The van der Waals surface area contributed by atoms with Gasteiger partial charge in [-0.1, -0.05) is 18.5 Å². The van der Waals surface area contributed by atoms with Crippen molar-refractivity contribution in [1.29, 1.82) is 0 Å². The van der Waals surface area contributed by atoms with Crippen LogP contribution in [-0.2, 0) is 0 Å². The summed E-state index contributed by atoms with van der Waals surface area (Å²) in [5.41, 5.74) is 3.23. The molecule has 0 aromatic carbocycles. The number of rotatable bonds is 3. The summed E-state index contributed by atoms with van der Waals surface area (Å²) in [6.45, 7) is 10.9. The summed E-state index contributed by atoms with van der Waals surface area (Å²) in [6.07, 6.45) is 1.18. The first-order chi connectivity index (χ1) is 6.62. The highest BCUT2D eigenvalue weighted by Crippen LogP contribution is 2.21. The van der Waals surface area contributed by atoms with Gasteiger partial charge >= 0.3 is 0 Å². The van der Waals surface area contributed by atoms with Crippen molar-refractivity contribution in [3.05, 3.63) is 11.1 Å². The molecule has 1 atom stereocenters.